The number of aromatic nitrogens is 1. The molecule has 0 bridgehead atoms. The van der Waals surface area contributed by atoms with Gasteiger partial charge < -0.3 is 5.32 Å². The van der Waals surface area contributed by atoms with Crippen molar-refractivity contribution in [3.8, 4) is 0 Å². The summed E-state index contributed by atoms with van der Waals surface area (Å²) in [6, 6.07) is 1.67. The first-order valence-corrected chi connectivity index (χ1v) is 8.36. The van der Waals surface area contributed by atoms with Crippen LogP contribution in [0.5, 0.6) is 0 Å². The predicted molar refractivity (Wildman–Crippen MR) is 74.7 cm³/mol. The van der Waals surface area contributed by atoms with E-state index in [1.807, 2.05) is 14.0 Å². The van der Waals surface area contributed by atoms with Crippen LogP contribution in [0.15, 0.2) is 22.5 Å². The Labute approximate surface area is 114 Å². The molecule has 0 unspecified atom stereocenters. The third-order valence-electron chi connectivity index (χ3n) is 2.13. The number of hydrogen-bond donors (Lipinski definition) is 2. The lowest BCUT2D eigenvalue weighted by molar-refractivity contribution is 0.601. The van der Waals surface area contributed by atoms with Gasteiger partial charge in [0.2, 0.25) is 0 Å². The van der Waals surface area contributed by atoms with Gasteiger partial charge in [-0.1, -0.05) is 0 Å². The number of thiazole rings is 1. The van der Waals surface area contributed by atoms with Crippen LogP contribution in [0, 0.1) is 6.92 Å². The van der Waals surface area contributed by atoms with Gasteiger partial charge in [0.1, 0.15) is 0 Å². The molecule has 2 aromatic heterocycles. The minimum absolute atomic E-state index is 0.283. The lowest BCUT2D eigenvalue weighted by Gasteiger charge is -2.01. The second-order valence-electron chi connectivity index (χ2n) is 3.66. The van der Waals surface area contributed by atoms with Crippen molar-refractivity contribution in [3.63, 3.8) is 0 Å². The molecule has 0 spiro atoms. The van der Waals surface area contributed by atoms with Crippen LogP contribution in [0.1, 0.15) is 9.75 Å². The van der Waals surface area contributed by atoms with Gasteiger partial charge in [-0.15, -0.1) is 22.7 Å². The normalized spacial score (nSPS) is 11.7. The Morgan fingerprint density at radius 3 is 2.83 bits per heavy atom. The van der Waals surface area contributed by atoms with Crippen LogP contribution in [0.25, 0.3) is 0 Å². The first kappa shape index (κ1) is 13.5. The van der Waals surface area contributed by atoms with Crippen LogP contribution in [0.4, 0.5) is 5.13 Å². The Morgan fingerprint density at radius 2 is 2.22 bits per heavy atom. The highest BCUT2D eigenvalue weighted by Gasteiger charge is 2.17. The molecule has 0 fully saturated rings. The van der Waals surface area contributed by atoms with Crippen molar-refractivity contribution < 1.29 is 8.42 Å². The molecular formula is C10H13N3O2S3. The molecule has 2 rings (SSSR count). The number of hydrogen-bond acceptors (Lipinski definition) is 6. The molecule has 0 saturated heterocycles. The molecule has 0 saturated carbocycles. The van der Waals surface area contributed by atoms with E-state index in [0.717, 1.165) is 9.75 Å². The summed E-state index contributed by atoms with van der Waals surface area (Å²) in [6.07, 6.45) is 1.64. The number of rotatable bonds is 5. The highest BCUT2D eigenvalue weighted by Crippen LogP contribution is 2.24. The van der Waals surface area contributed by atoms with Crippen LogP contribution in [-0.2, 0) is 16.6 Å². The van der Waals surface area contributed by atoms with Gasteiger partial charge in [0.25, 0.3) is 10.0 Å². The first-order chi connectivity index (χ1) is 8.51. The maximum atomic E-state index is 12.1. The Balaban J connectivity index is 2.19. The molecule has 8 heteroatoms. The maximum absolute atomic E-state index is 12.1. The molecule has 0 amide bonds. The molecule has 0 aromatic carbocycles. The van der Waals surface area contributed by atoms with Gasteiger partial charge in [-0.05, 0) is 20.0 Å². The van der Waals surface area contributed by atoms with Crippen LogP contribution in [0.2, 0.25) is 0 Å². The van der Waals surface area contributed by atoms with E-state index in [-0.39, 0.29) is 4.90 Å². The standard InChI is InChI=1S/C10H13N3O2S3/c1-7-4-12-10(17-7)13-18(14,15)9-3-8(5-11-2)16-6-9/h3-4,6,11H,5H2,1-2H3,(H,12,13). The summed E-state index contributed by atoms with van der Waals surface area (Å²) in [6.45, 7) is 2.54. The van der Waals surface area contributed by atoms with Gasteiger partial charge in [-0.3, -0.25) is 4.72 Å². The van der Waals surface area contributed by atoms with Gasteiger partial charge >= 0.3 is 0 Å². The lowest BCUT2D eigenvalue weighted by Crippen LogP contribution is -2.12. The van der Waals surface area contributed by atoms with Gasteiger partial charge in [0.05, 0.1) is 4.90 Å². The van der Waals surface area contributed by atoms with E-state index in [2.05, 4.69) is 15.0 Å². The Kier molecular flexibility index (Phi) is 4.00. The second kappa shape index (κ2) is 5.35. The number of aryl methyl sites for hydroxylation is 1. The number of thiophene rings is 1. The number of nitrogens with zero attached hydrogens (tertiary/aromatic N) is 1. The van der Waals surface area contributed by atoms with E-state index in [1.165, 1.54) is 22.7 Å². The average Bonchev–Trinajstić information content (AvgIpc) is 2.88. The van der Waals surface area contributed by atoms with Crippen molar-refractivity contribution in [1.29, 1.82) is 0 Å². The van der Waals surface area contributed by atoms with E-state index in [1.54, 1.807) is 17.6 Å². The van der Waals surface area contributed by atoms with Crippen LogP contribution in [0.3, 0.4) is 0 Å². The number of nitrogens with one attached hydrogen (secondary N) is 2. The number of sulfonamides is 1. The highest BCUT2D eigenvalue weighted by atomic mass is 32.2. The third-order valence-corrected chi connectivity index (χ3v) is 5.50. The van der Waals surface area contributed by atoms with Crippen molar-refractivity contribution in [2.75, 3.05) is 11.8 Å². The molecule has 2 heterocycles. The van der Waals surface area contributed by atoms with Crippen molar-refractivity contribution in [2.45, 2.75) is 18.4 Å². The third kappa shape index (κ3) is 3.08. The van der Waals surface area contributed by atoms with Crippen molar-refractivity contribution >= 4 is 37.8 Å². The lowest BCUT2D eigenvalue weighted by atomic mass is 10.5. The number of anilines is 1. The molecule has 0 aliphatic rings. The van der Waals surface area contributed by atoms with Gasteiger partial charge in [0, 0.05) is 27.9 Å². The van der Waals surface area contributed by atoms with Crippen molar-refractivity contribution in [1.82, 2.24) is 10.3 Å². The van der Waals surface area contributed by atoms with E-state index >= 15 is 0 Å². The first-order valence-electron chi connectivity index (χ1n) is 5.18. The molecule has 5 nitrogen and oxygen atoms in total. The molecule has 2 aromatic rings. The maximum Gasteiger partial charge on any atom is 0.264 e. The summed E-state index contributed by atoms with van der Waals surface area (Å²) >= 11 is 2.73. The van der Waals surface area contributed by atoms with E-state index in [9.17, 15) is 8.42 Å². The quantitative estimate of drug-likeness (QED) is 0.886. The summed E-state index contributed by atoms with van der Waals surface area (Å²) in [5, 5.41) is 5.02. The van der Waals surface area contributed by atoms with E-state index in [0.29, 0.717) is 11.7 Å². The molecule has 2 N–H and O–H groups in total. The minimum Gasteiger partial charge on any atom is -0.315 e. The van der Waals surface area contributed by atoms with E-state index in [4.69, 9.17) is 0 Å². The highest BCUT2D eigenvalue weighted by molar-refractivity contribution is 7.93. The zero-order valence-electron chi connectivity index (χ0n) is 9.93. The summed E-state index contributed by atoms with van der Waals surface area (Å²) in [5.74, 6) is 0. The molecule has 98 valence electrons. The average molecular weight is 303 g/mol. The van der Waals surface area contributed by atoms with Crippen molar-refractivity contribution in [2.24, 2.45) is 0 Å². The monoisotopic (exact) mass is 303 g/mol. The Morgan fingerprint density at radius 1 is 1.44 bits per heavy atom. The fourth-order valence-electron chi connectivity index (χ4n) is 1.34. The summed E-state index contributed by atoms with van der Waals surface area (Å²) in [7, 11) is -1.69. The van der Waals surface area contributed by atoms with Gasteiger partial charge in [-0.25, -0.2) is 13.4 Å². The minimum atomic E-state index is -3.52. The molecule has 18 heavy (non-hydrogen) atoms. The predicted octanol–water partition coefficient (Wildman–Crippen LogP) is 2.03. The Hall–Kier alpha value is -0.960. The molecule has 0 radical (unpaired) electrons. The van der Waals surface area contributed by atoms with Crippen LogP contribution in [-0.4, -0.2) is 20.4 Å². The van der Waals surface area contributed by atoms with Gasteiger partial charge in [-0.2, -0.15) is 0 Å². The summed E-state index contributed by atoms with van der Waals surface area (Å²) in [5.41, 5.74) is 0. The van der Waals surface area contributed by atoms with Crippen molar-refractivity contribution in [3.05, 3.63) is 27.4 Å². The summed E-state index contributed by atoms with van der Waals surface area (Å²) < 4.78 is 26.6. The topological polar surface area (TPSA) is 71.1 Å². The second-order valence-corrected chi connectivity index (χ2v) is 7.57. The SMILES string of the molecule is CNCc1cc(S(=O)(=O)Nc2ncc(C)s2)cs1. The zero-order chi connectivity index (χ0) is 13.2. The zero-order valence-corrected chi connectivity index (χ0v) is 12.4. The molecule has 0 aliphatic heterocycles. The Bertz CT molecular complexity index is 630. The van der Waals surface area contributed by atoms with Crippen LogP contribution >= 0.6 is 22.7 Å². The fraction of sp³-hybridized carbons (Fsp3) is 0.300. The largest absolute Gasteiger partial charge is 0.315 e. The molecular weight excluding hydrogens is 290 g/mol. The van der Waals surface area contributed by atoms with Gasteiger partial charge in [0.15, 0.2) is 5.13 Å². The van der Waals surface area contributed by atoms with Crippen LogP contribution < -0.4 is 10.0 Å². The molecule has 0 aliphatic carbocycles. The smallest absolute Gasteiger partial charge is 0.264 e. The molecule has 0 atom stereocenters. The van der Waals surface area contributed by atoms with E-state index < -0.39 is 10.0 Å². The fourth-order valence-corrected chi connectivity index (χ4v) is 4.54. The summed E-state index contributed by atoms with van der Waals surface area (Å²) in [4.78, 5) is 6.22.